The third-order valence-corrected chi connectivity index (χ3v) is 6.21. The lowest BCUT2D eigenvalue weighted by Gasteiger charge is -2.25. The van der Waals surface area contributed by atoms with Gasteiger partial charge in [-0.1, -0.05) is 24.3 Å². The Morgan fingerprint density at radius 1 is 1.16 bits per heavy atom. The maximum Gasteiger partial charge on any atom is 0.262 e. The van der Waals surface area contributed by atoms with Gasteiger partial charge in [0.05, 0.1) is 23.7 Å². The van der Waals surface area contributed by atoms with Crippen LogP contribution in [0.15, 0.2) is 71.1 Å². The zero-order valence-electron chi connectivity index (χ0n) is 17.7. The molecule has 2 aromatic carbocycles. The molecule has 0 saturated carbocycles. The summed E-state index contributed by atoms with van der Waals surface area (Å²) in [5.74, 6) is -0.430. The van der Waals surface area contributed by atoms with Crippen LogP contribution in [0.25, 0.3) is 0 Å². The molecule has 4 rings (SSSR count). The van der Waals surface area contributed by atoms with Crippen molar-refractivity contribution in [3.63, 3.8) is 0 Å². The molecule has 1 atom stereocenters. The van der Waals surface area contributed by atoms with Gasteiger partial charge in [-0.05, 0) is 41.8 Å². The number of hydrogen-bond donors (Lipinski definition) is 0. The number of thiophene rings is 1. The molecule has 0 fully saturated rings. The van der Waals surface area contributed by atoms with E-state index in [4.69, 9.17) is 4.74 Å². The maximum absolute atomic E-state index is 14.6. The lowest BCUT2D eigenvalue weighted by molar-refractivity contribution is -0.133. The largest absolute Gasteiger partial charge is 0.497 e. The van der Waals surface area contributed by atoms with Gasteiger partial charge in [0, 0.05) is 24.6 Å². The van der Waals surface area contributed by atoms with Crippen LogP contribution in [-0.2, 0) is 4.79 Å². The minimum absolute atomic E-state index is 0.183. The van der Waals surface area contributed by atoms with Gasteiger partial charge in [-0.3, -0.25) is 9.59 Å². The Bertz CT molecular complexity index is 1150. The Balaban J connectivity index is 1.55. The first-order valence-corrected chi connectivity index (χ1v) is 10.9. The number of rotatable bonds is 6. The maximum atomic E-state index is 14.6. The van der Waals surface area contributed by atoms with Crippen molar-refractivity contribution in [2.45, 2.75) is 12.5 Å². The Labute approximate surface area is 189 Å². The van der Waals surface area contributed by atoms with Crippen LogP contribution >= 0.6 is 11.3 Å². The number of hydrogen-bond acceptors (Lipinski definition) is 5. The highest BCUT2D eigenvalue weighted by Crippen LogP contribution is 2.35. The van der Waals surface area contributed by atoms with Gasteiger partial charge >= 0.3 is 0 Å². The number of benzene rings is 2. The van der Waals surface area contributed by atoms with Gasteiger partial charge in [0.1, 0.15) is 18.1 Å². The van der Waals surface area contributed by atoms with E-state index in [1.165, 1.54) is 27.3 Å². The van der Waals surface area contributed by atoms with E-state index < -0.39 is 6.04 Å². The number of carbonyl (C=O) groups is 2. The van der Waals surface area contributed by atoms with E-state index in [0.717, 1.165) is 10.6 Å². The second kappa shape index (κ2) is 9.32. The van der Waals surface area contributed by atoms with E-state index in [0.29, 0.717) is 23.3 Å². The number of ether oxygens (including phenoxy) is 1. The van der Waals surface area contributed by atoms with Crippen LogP contribution in [0.4, 0.5) is 4.39 Å². The molecule has 3 aromatic rings. The number of carbonyl (C=O) groups excluding carboxylic acids is 2. The van der Waals surface area contributed by atoms with Gasteiger partial charge in [-0.2, -0.15) is 5.10 Å². The van der Waals surface area contributed by atoms with Gasteiger partial charge in [-0.15, -0.1) is 11.3 Å². The SMILES string of the molecule is COc1ccc(C(=O)N(C)CC(=O)N2N=C(c3cccs3)CC2c2ccccc2F)cc1. The normalized spacial score (nSPS) is 15.4. The second-order valence-electron chi connectivity index (χ2n) is 7.39. The minimum atomic E-state index is -0.565. The van der Waals surface area contributed by atoms with Crippen molar-refractivity contribution in [3.8, 4) is 5.75 Å². The average Bonchev–Trinajstić information content (AvgIpc) is 3.49. The third kappa shape index (κ3) is 4.40. The summed E-state index contributed by atoms with van der Waals surface area (Å²) in [5.41, 5.74) is 1.57. The molecule has 0 bridgehead atoms. The highest BCUT2D eigenvalue weighted by molar-refractivity contribution is 7.12. The van der Waals surface area contributed by atoms with Crippen LogP contribution in [0.3, 0.4) is 0 Å². The van der Waals surface area contributed by atoms with Gasteiger partial charge in [0.2, 0.25) is 0 Å². The van der Waals surface area contributed by atoms with Crippen LogP contribution < -0.4 is 4.74 Å². The molecule has 1 unspecified atom stereocenters. The van der Waals surface area contributed by atoms with Crippen LogP contribution in [0.2, 0.25) is 0 Å². The predicted octanol–water partition coefficient (Wildman–Crippen LogP) is 4.35. The molecule has 2 heterocycles. The van der Waals surface area contributed by atoms with Gasteiger partial charge < -0.3 is 9.64 Å². The molecule has 0 N–H and O–H groups in total. The van der Waals surface area contributed by atoms with Crippen LogP contribution in [-0.4, -0.2) is 48.1 Å². The van der Waals surface area contributed by atoms with Gasteiger partial charge in [0.25, 0.3) is 11.8 Å². The fraction of sp³-hybridized carbons (Fsp3) is 0.208. The molecule has 164 valence electrons. The van der Waals surface area contributed by atoms with E-state index in [1.807, 2.05) is 17.5 Å². The van der Waals surface area contributed by atoms with E-state index in [2.05, 4.69) is 5.10 Å². The summed E-state index contributed by atoms with van der Waals surface area (Å²) in [6.45, 7) is -0.183. The van der Waals surface area contributed by atoms with Gasteiger partial charge in [-0.25, -0.2) is 9.40 Å². The quantitative estimate of drug-likeness (QED) is 0.560. The van der Waals surface area contributed by atoms with Crippen LogP contribution in [0.5, 0.6) is 5.75 Å². The van der Waals surface area contributed by atoms with Crippen molar-refractivity contribution >= 4 is 28.9 Å². The van der Waals surface area contributed by atoms with Crippen molar-refractivity contribution < 1.29 is 18.7 Å². The fourth-order valence-electron chi connectivity index (χ4n) is 3.62. The smallest absolute Gasteiger partial charge is 0.262 e. The fourth-order valence-corrected chi connectivity index (χ4v) is 4.34. The Morgan fingerprint density at radius 2 is 1.91 bits per heavy atom. The van der Waals surface area contributed by atoms with Crippen molar-refractivity contribution in [1.82, 2.24) is 9.91 Å². The van der Waals surface area contributed by atoms with Crippen LogP contribution in [0.1, 0.15) is 33.3 Å². The van der Waals surface area contributed by atoms with Crippen molar-refractivity contribution in [1.29, 1.82) is 0 Å². The van der Waals surface area contributed by atoms with Crippen molar-refractivity contribution in [3.05, 3.63) is 87.9 Å². The molecule has 6 nitrogen and oxygen atoms in total. The molecule has 0 radical (unpaired) electrons. The summed E-state index contributed by atoms with van der Waals surface area (Å²) < 4.78 is 19.7. The second-order valence-corrected chi connectivity index (χ2v) is 8.34. The highest BCUT2D eigenvalue weighted by Gasteiger charge is 2.35. The topological polar surface area (TPSA) is 62.2 Å². The molecular formula is C24H22FN3O3S. The monoisotopic (exact) mass is 451 g/mol. The summed E-state index contributed by atoms with van der Waals surface area (Å²) in [5, 5.41) is 7.77. The number of hydrazone groups is 1. The van der Waals surface area contributed by atoms with Crippen molar-refractivity contribution in [2.75, 3.05) is 20.7 Å². The number of amides is 2. The zero-order valence-corrected chi connectivity index (χ0v) is 18.5. The predicted molar refractivity (Wildman–Crippen MR) is 121 cm³/mol. The summed E-state index contributed by atoms with van der Waals surface area (Å²) in [6, 6.07) is 16.3. The van der Waals surface area contributed by atoms with Crippen LogP contribution in [0, 0.1) is 5.82 Å². The first-order chi connectivity index (χ1) is 15.5. The number of likely N-dealkylation sites (N-methyl/N-ethyl adjacent to an activating group) is 1. The Hall–Kier alpha value is -3.52. The molecule has 0 spiro atoms. The summed E-state index contributed by atoms with van der Waals surface area (Å²) in [6.07, 6.45) is 0.406. The number of halogens is 1. The Kier molecular flexibility index (Phi) is 6.32. The molecule has 0 aliphatic carbocycles. The van der Waals surface area contributed by atoms with E-state index in [9.17, 15) is 14.0 Å². The third-order valence-electron chi connectivity index (χ3n) is 5.29. The Morgan fingerprint density at radius 3 is 2.56 bits per heavy atom. The molecular weight excluding hydrogens is 429 g/mol. The van der Waals surface area contributed by atoms with E-state index in [-0.39, 0.29) is 24.2 Å². The molecule has 0 saturated heterocycles. The zero-order chi connectivity index (χ0) is 22.7. The lowest BCUT2D eigenvalue weighted by Crippen LogP contribution is -2.39. The standard InChI is InChI=1S/C24H22FN3O3S/c1-27(24(30)16-9-11-17(31-2)12-10-16)15-23(29)28-21(18-6-3-4-7-19(18)25)14-20(26-28)22-8-5-13-32-22/h3-13,21H,14-15H2,1-2H3. The molecule has 1 aromatic heterocycles. The summed E-state index contributed by atoms with van der Waals surface area (Å²) >= 11 is 1.52. The average molecular weight is 452 g/mol. The first-order valence-electron chi connectivity index (χ1n) is 10.0. The first kappa shape index (κ1) is 21.7. The van der Waals surface area contributed by atoms with E-state index >= 15 is 0 Å². The van der Waals surface area contributed by atoms with Crippen molar-refractivity contribution in [2.24, 2.45) is 5.10 Å². The number of nitrogens with zero attached hydrogens (tertiary/aromatic N) is 3. The molecule has 32 heavy (non-hydrogen) atoms. The molecule has 1 aliphatic rings. The summed E-state index contributed by atoms with van der Waals surface area (Å²) in [4.78, 5) is 28.2. The minimum Gasteiger partial charge on any atom is -0.497 e. The summed E-state index contributed by atoms with van der Waals surface area (Å²) in [7, 11) is 3.11. The number of methoxy groups -OCH3 is 1. The lowest BCUT2D eigenvalue weighted by atomic mass is 10.0. The molecule has 1 aliphatic heterocycles. The van der Waals surface area contributed by atoms with E-state index in [1.54, 1.807) is 56.6 Å². The highest BCUT2D eigenvalue weighted by atomic mass is 32.1. The molecule has 8 heteroatoms. The molecule has 2 amide bonds. The van der Waals surface area contributed by atoms with Gasteiger partial charge in [0.15, 0.2) is 0 Å².